The number of amides is 1. The standard InChI is InChI=1S/C22H28N4O2.HI/c23-22(24-14-8-16-26-15-6-2-5-13-21(26)27)25-18-9-7-12-20(17-18)28-19-10-3-1-4-11-19;/h1,3-4,7,9-12,17H,2,5-6,8,13-16H2,(H3,23,24,25);1H. The highest BCUT2D eigenvalue weighted by Crippen LogP contribution is 2.23. The molecule has 1 amide bonds. The van der Waals surface area contributed by atoms with Crippen LogP contribution in [-0.2, 0) is 4.79 Å². The summed E-state index contributed by atoms with van der Waals surface area (Å²) in [4.78, 5) is 18.3. The molecule has 1 saturated heterocycles. The van der Waals surface area contributed by atoms with E-state index in [0.717, 1.165) is 56.0 Å². The number of anilines is 1. The summed E-state index contributed by atoms with van der Waals surface area (Å²) < 4.78 is 5.83. The molecule has 1 aliphatic heterocycles. The minimum absolute atomic E-state index is 0. The molecule has 0 aliphatic carbocycles. The summed E-state index contributed by atoms with van der Waals surface area (Å²) >= 11 is 0. The van der Waals surface area contributed by atoms with Gasteiger partial charge in [-0.2, -0.15) is 0 Å². The molecule has 29 heavy (non-hydrogen) atoms. The van der Waals surface area contributed by atoms with Crippen LogP contribution in [-0.4, -0.2) is 36.4 Å². The normalized spacial score (nSPS) is 14.7. The number of rotatable bonds is 7. The topological polar surface area (TPSA) is 80.0 Å². The molecule has 6 nitrogen and oxygen atoms in total. The van der Waals surface area contributed by atoms with Gasteiger partial charge in [0.2, 0.25) is 5.91 Å². The van der Waals surface area contributed by atoms with E-state index in [1.807, 2.05) is 59.5 Å². The zero-order chi connectivity index (χ0) is 19.6. The van der Waals surface area contributed by atoms with Gasteiger partial charge in [-0.15, -0.1) is 24.0 Å². The van der Waals surface area contributed by atoms with E-state index < -0.39 is 0 Å². The molecule has 0 radical (unpaired) electrons. The van der Waals surface area contributed by atoms with Gasteiger partial charge >= 0.3 is 0 Å². The highest BCUT2D eigenvalue weighted by Gasteiger charge is 2.15. The summed E-state index contributed by atoms with van der Waals surface area (Å²) in [5.74, 6) is 2.13. The highest BCUT2D eigenvalue weighted by atomic mass is 127. The number of guanidine groups is 1. The van der Waals surface area contributed by atoms with Crippen LogP contribution in [0.5, 0.6) is 11.5 Å². The number of nitrogens with one attached hydrogen (secondary N) is 1. The first kappa shape index (κ1) is 23.0. The van der Waals surface area contributed by atoms with Crippen molar-refractivity contribution in [1.29, 1.82) is 0 Å². The molecule has 0 atom stereocenters. The Bertz CT molecular complexity index is 798. The Labute approximate surface area is 189 Å². The van der Waals surface area contributed by atoms with Gasteiger partial charge in [-0.05, 0) is 43.5 Å². The molecular formula is C22H29IN4O2. The lowest BCUT2D eigenvalue weighted by atomic mass is 10.2. The van der Waals surface area contributed by atoms with Crippen LogP contribution < -0.4 is 15.8 Å². The van der Waals surface area contributed by atoms with Crippen molar-refractivity contribution in [3.8, 4) is 11.5 Å². The molecule has 2 aromatic rings. The Balaban J connectivity index is 0.00000300. The number of aliphatic imine (C=N–C) groups is 1. The summed E-state index contributed by atoms with van der Waals surface area (Å²) in [7, 11) is 0. The fraction of sp³-hybridized carbons (Fsp3) is 0.364. The van der Waals surface area contributed by atoms with Crippen LogP contribution in [0, 0.1) is 0 Å². The van der Waals surface area contributed by atoms with Gasteiger partial charge in [0.1, 0.15) is 11.5 Å². The first-order chi connectivity index (χ1) is 13.7. The Morgan fingerprint density at radius 3 is 2.69 bits per heavy atom. The van der Waals surface area contributed by atoms with Gasteiger partial charge in [0, 0.05) is 37.8 Å². The third-order valence-corrected chi connectivity index (χ3v) is 4.63. The number of hydrogen-bond donors (Lipinski definition) is 2. The number of carbonyl (C=O) groups excluding carboxylic acids is 1. The van der Waals surface area contributed by atoms with Crippen molar-refractivity contribution in [2.75, 3.05) is 25.0 Å². The molecule has 156 valence electrons. The van der Waals surface area contributed by atoms with Gasteiger partial charge in [0.25, 0.3) is 0 Å². The fourth-order valence-electron chi connectivity index (χ4n) is 3.19. The van der Waals surface area contributed by atoms with Gasteiger partial charge in [-0.25, -0.2) is 0 Å². The molecule has 0 saturated carbocycles. The maximum absolute atomic E-state index is 12.0. The fourth-order valence-corrected chi connectivity index (χ4v) is 3.19. The lowest BCUT2D eigenvalue weighted by Gasteiger charge is -2.19. The van der Waals surface area contributed by atoms with Crippen molar-refractivity contribution in [1.82, 2.24) is 4.90 Å². The smallest absolute Gasteiger partial charge is 0.222 e. The summed E-state index contributed by atoms with van der Waals surface area (Å²) in [6.07, 6.45) is 4.74. The molecule has 2 aromatic carbocycles. The molecule has 1 heterocycles. The van der Waals surface area contributed by atoms with Crippen LogP contribution in [0.15, 0.2) is 59.6 Å². The minimum Gasteiger partial charge on any atom is -0.457 e. The molecular weight excluding hydrogens is 479 g/mol. The largest absolute Gasteiger partial charge is 0.457 e. The van der Waals surface area contributed by atoms with Crippen molar-refractivity contribution in [3.63, 3.8) is 0 Å². The number of halogens is 1. The van der Waals surface area contributed by atoms with Gasteiger partial charge in [-0.3, -0.25) is 9.79 Å². The molecule has 0 aromatic heterocycles. The Hall–Kier alpha value is -2.29. The van der Waals surface area contributed by atoms with E-state index in [9.17, 15) is 4.79 Å². The number of para-hydroxylation sites is 1. The summed E-state index contributed by atoms with van der Waals surface area (Å²) in [5, 5.41) is 3.09. The minimum atomic E-state index is 0. The second-order valence-corrected chi connectivity index (χ2v) is 6.88. The Morgan fingerprint density at radius 1 is 1.07 bits per heavy atom. The number of ether oxygens (including phenoxy) is 1. The van der Waals surface area contributed by atoms with Crippen LogP contribution in [0.2, 0.25) is 0 Å². The number of hydrogen-bond acceptors (Lipinski definition) is 3. The predicted octanol–water partition coefficient (Wildman–Crippen LogP) is 4.62. The van der Waals surface area contributed by atoms with Gasteiger partial charge in [-0.1, -0.05) is 30.7 Å². The van der Waals surface area contributed by atoms with Crippen molar-refractivity contribution >= 4 is 41.5 Å². The zero-order valence-corrected chi connectivity index (χ0v) is 18.9. The predicted molar refractivity (Wildman–Crippen MR) is 128 cm³/mol. The van der Waals surface area contributed by atoms with Crippen molar-refractivity contribution in [2.45, 2.75) is 32.1 Å². The highest BCUT2D eigenvalue weighted by molar-refractivity contribution is 14.0. The quantitative estimate of drug-likeness (QED) is 0.248. The molecule has 1 aliphatic rings. The number of nitrogens with two attached hydrogens (primary N) is 1. The maximum Gasteiger partial charge on any atom is 0.222 e. The van der Waals surface area contributed by atoms with Crippen LogP contribution >= 0.6 is 24.0 Å². The van der Waals surface area contributed by atoms with Crippen molar-refractivity contribution in [3.05, 3.63) is 54.6 Å². The number of carbonyl (C=O) groups is 1. The third kappa shape index (κ3) is 7.92. The van der Waals surface area contributed by atoms with Gasteiger partial charge < -0.3 is 20.7 Å². The van der Waals surface area contributed by atoms with E-state index in [4.69, 9.17) is 10.5 Å². The van der Waals surface area contributed by atoms with E-state index in [1.54, 1.807) is 0 Å². The second kappa shape index (κ2) is 12.3. The van der Waals surface area contributed by atoms with Crippen molar-refractivity contribution in [2.24, 2.45) is 10.7 Å². The third-order valence-electron chi connectivity index (χ3n) is 4.63. The van der Waals surface area contributed by atoms with Gasteiger partial charge in [0.15, 0.2) is 5.96 Å². The molecule has 1 fully saturated rings. The molecule has 7 heteroatoms. The molecule has 3 rings (SSSR count). The van der Waals surface area contributed by atoms with E-state index in [0.29, 0.717) is 18.9 Å². The van der Waals surface area contributed by atoms with Crippen LogP contribution in [0.4, 0.5) is 5.69 Å². The van der Waals surface area contributed by atoms with Gasteiger partial charge in [0.05, 0.1) is 0 Å². The first-order valence-electron chi connectivity index (χ1n) is 9.88. The first-order valence-corrected chi connectivity index (χ1v) is 9.88. The maximum atomic E-state index is 12.0. The average Bonchev–Trinajstić information content (AvgIpc) is 2.90. The van der Waals surface area contributed by atoms with Crippen LogP contribution in [0.25, 0.3) is 0 Å². The number of nitrogens with zero attached hydrogens (tertiary/aromatic N) is 2. The zero-order valence-electron chi connectivity index (χ0n) is 16.5. The van der Waals surface area contributed by atoms with E-state index in [1.165, 1.54) is 0 Å². The lowest BCUT2D eigenvalue weighted by molar-refractivity contribution is -0.130. The molecule has 0 spiro atoms. The van der Waals surface area contributed by atoms with Crippen LogP contribution in [0.3, 0.4) is 0 Å². The Morgan fingerprint density at radius 2 is 1.86 bits per heavy atom. The lowest BCUT2D eigenvalue weighted by Crippen LogP contribution is -2.31. The van der Waals surface area contributed by atoms with E-state index >= 15 is 0 Å². The van der Waals surface area contributed by atoms with Crippen molar-refractivity contribution < 1.29 is 9.53 Å². The van der Waals surface area contributed by atoms with Crippen LogP contribution in [0.1, 0.15) is 32.1 Å². The Kier molecular flexibility index (Phi) is 9.76. The molecule has 3 N–H and O–H groups in total. The van der Waals surface area contributed by atoms with E-state index in [-0.39, 0.29) is 29.9 Å². The van der Waals surface area contributed by atoms with E-state index in [2.05, 4.69) is 10.3 Å². The second-order valence-electron chi connectivity index (χ2n) is 6.88. The molecule has 0 unspecified atom stereocenters. The molecule has 0 bridgehead atoms. The number of benzene rings is 2. The monoisotopic (exact) mass is 508 g/mol. The SMILES string of the molecule is I.NC(=NCCCN1CCCCCC1=O)Nc1cccc(Oc2ccccc2)c1. The summed E-state index contributed by atoms with van der Waals surface area (Å²) in [6, 6.07) is 17.2. The number of likely N-dealkylation sites (tertiary alicyclic amines) is 1. The summed E-state index contributed by atoms with van der Waals surface area (Å²) in [5.41, 5.74) is 6.81. The average molecular weight is 508 g/mol. The summed E-state index contributed by atoms with van der Waals surface area (Å²) in [6.45, 7) is 2.20.